The summed E-state index contributed by atoms with van der Waals surface area (Å²) < 4.78 is 5.49. The molecule has 2 rings (SSSR count). The normalized spacial score (nSPS) is 11.8. The molecule has 0 spiro atoms. The average Bonchev–Trinajstić information content (AvgIpc) is 2.73. The molecule has 2 aromatic rings. The Morgan fingerprint density at radius 2 is 1.70 bits per heavy atom. The number of carbonyl (C=O) groups is 2. The summed E-state index contributed by atoms with van der Waals surface area (Å²) >= 11 is 0. The van der Waals surface area contributed by atoms with Crippen LogP contribution in [-0.2, 0) is 15.0 Å². The van der Waals surface area contributed by atoms with Crippen molar-refractivity contribution in [2.75, 3.05) is 6.61 Å². The Morgan fingerprint density at radius 3 is 2.30 bits per heavy atom. The van der Waals surface area contributed by atoms with E-state index in [1.807, 2.05) is 24.3 Å². The second-order valence-corrected chi connectivity index (χ2v) is 9.66. The van der Waals surface area contributed by atoms with Crippen molar-refractivity contribution in [1.82, 2.24) is 10.9 Å². The lowest BCUT2D eigenvalue weighted by atomic mass is 9.72. The predicted molar refractivity (Wildman–Crippen MR) is 127 cm³/mol. The number of rotatable bonds is 8. The molecule has 2 N–H and O–H groups in total. The molecule has 0 aliphatic carbocycles. The highest BCUT2D eigenvalue weighted by Gasteiger charge is 2.27. The van der Waals surface area contributed by atoms with Crippen LogP contribution in [0.2, 0.25) is 0 Å². The lowest BCUT2D eigenvalue weighted by Crippen LogP contribution is -2.43. The first-order valence-electron chi connectivity index (χ1n) is 10.6. The van der Waals surface area contributed by atoms with Crippen molar-refractivity contribution >= 4 is 23.6 Å². The maximum Gasteiger partial charge on any atom is 0.276 e. The highest BCUT2D eigenvalue weighted by Crippen LogP contribution is 2.36. The molecular weight excluding hydrogens is 422 g/mol. The third kappa shape index (κ3) is 8.76. The van der Waals surface area contributed by atoms with Crippen LogP contribution in [0.1, 0.15) is 52.2 Å². The van der Waals surface area contributed by atoms with E-state index in [0.717, 1.165) is 12.5 Å². The molecule has 0 aromatic heterocycles. The SMILES string of the molecule is CC(C)(C)CC(C)(C)c1ccc(OCC(=O)NNC(=O)/C=C/c2cccc([N+](=O)[O-])c2)cc1. The van der Waals surface area contributed by atoms with E-state index in [9.17, 15) is 19.7 Å². The number of nitrogens with one attached hydrogen (secondary N) is 2. The van der Waals surface area contributed by atoms with Gasteiger partial charge >= 0.3 is 0 Å². The van der Waals surface area contributed by atoms with Crippen LogP contribution in [0.25, 0.3) is 6.08 Å². The van der Waals surface area contributed by atoms with Gasteiger partial charge in [-0.2, -0.15) is 0 Å². The number of nitro groups is 1. The van der Waals surface area contributed by atoms with Gasteiger partial charge in [0, 0.05) is 18.2 Å². The summed E-state index contributed by atoms with van der Waals surface area (Å²) in [5.74, 6) is -0.554. The molecule has 33 heavy (non-hydrogen) atoms. The van der Waals surface area contributed by atoms with Gasteiger partial charge in [-0.3, -0.25) is 30.6 Å². The molecule has 0 radical (unpaired) electrons. The van der Waals surface area contributed by atoms with Gasteiger partial charge < -0.3 is 4.74 Å². The van der Waals surface area contributed by atoms with E-state index in [1.54, 1.807) is 6.07 Å². The number of benzene rings is 2. The van der Waals surface area contributed by atoms with Crippen molar-refractivity contribution in [2.24, 2.45) is 5.41 Å². The number of non-ortho nitro benzene ring substituents is 1. The number of hydrogen-bond acceptors (Lipinski definition) is 5. The summed E-state index contributed by atoms with van der Waals surface area (Å²) in [7, 11) is 0. The monoisotopic (exact) mass is 453 g/mol. The summed E-state index contributed by atoms with van der Waals surface area (Å²) in [6.07, 6.45) is 3.60. The Balaban J connectivity index is 1.80. The Kier molecular flexibility index (Phi) is 8.34. The summed E-state index contributed by atoms with van der Waals surface area (Å²) in [5, 5.41) is 10.8. The number of ether oxygens (including phenoxy) is 1. The topological polar surface area (TPSA) is 111 Å². The zero-order valence-corrected chi connectivity index (χ0v) is 19.7. The second-order valence-electron chi connectivity index (χ2n) is 9.66. The van der Waals surface area contributed by atoms with Gasteiger partial charge in [0.1, 0.15) is 5.75 Å². The van der Waals surface area contributed by atoms with Gasteiger partial charge in [0.2, 0.25) is 0 Å². The number of hydrogen-bond donors (Lipinski definition) is 2. The van der Waals surface area contributed by atoms with Crippen LogP contribution < -0.4 is 15.6 Å². The Bertz CT molecular complexity index is 1020. The molecule has 0 aliphatic rings. The van der Waals surface area contributed by atoms with Crippen molar-refractivity contribution in [3.05, 3.63) is 75.8 Å². The number of nitrogens with zero attached hydrogens (tertiary/aromatic N) is 1. The standard InChI is InChI=1S/C25H31N3O5/c1-24(2,3)17-25(4,5)19-10-12-21(13-11-19)33-16-23(30)27-26-22(29)14-9-18-7-6-8-20(15-18)28(31)32/h6-15H,16-17H2,1-5H3,(H,26,29)(H,27,30)/b14-9+. The molecule has 0 aliphatic heterocycles. The minimum Gasteiger partial charge on any atom is -0.484 e. The fourth-order valence-corrected chi connectivity index (χ4v) is 3.70. The van der Waals surface area contributed by atoms with Crippen molar-refractivity contribution < 1.29 is 19.2 Å². The summed E-state index contributed by atoms with van der Waals surface area (Å²) in [5.41, 5.74) is 6.31. The molecule has 0 saturated heterocycles. The van der Waals surface area contributed by atoms with Crippen molar-refractivity contribution in [1.29, 1.82) is 0 Å². The third-order valence-corrected chi connectivity index (χ3v) is 4.81. The summed E-state index contributed by atoms with van der Waals surface area (Å²) in [4.78, 5) is 34.1. The first-order chi connectivity index (χ1) is 15.4. The summed E-state index contributed by atoms with van der Waals surface area (Å²) in [6, 6.07) is 13.5. The van der Waals surface area contributed by atoms with E-state index in [-0.39, 0.29) is 23.1 Å². The maximum absolute atomic E-state index is 11.9. The van der Waals surface area contributed by atoms with Crippen LogP contribution >= 0.6 is 0 Å². The van der Waals surface area contributed by atoms with Crippen LogP contribution in [0.15, 0.2) is 54.6 Å². The lowest BCUT2D eigenvalue weighted by Gasteiger charge is -2.33. The van der Waals surface area contributed by atoms with Gasteiger partial charge in [-0.25, -0.2) is 0 Å². The van der Waals surface area contributed by atoms with Crippen LogP contribution in [0.5, 0.6) is 5.75 Å². The largest absolute Gasteiger partial charge is 0.484 e. The quantitative estimate of drug-likeness (QED) is 0.346. The number of nitro benzene ring substituents is 1. The minimum absolute atomic E-state index is 0.0105. The van der Waals surface area contributed by atoms with Gasteiger partial charge in [0.05, 0.1) is 4.92 Å². The van der Waals surface area contributed by atoms with E-state index in [4.69, 9.17) is 4.74 Å². The Morgan fingerprint density at radius 1 is 1.03 bits per heavy atom. The van der Waals surface area contributed by atoms with E-state index in [0.29, 0.717) is 11.3 Å². The molecule has 2 aromatic carbocycles. The zero-order valence-electron chi connectivity index (χ0n) is 19.7. The van der Waals surface area contributed by atoms with Crippen LogP contribution in [-0.4, -0.2) is 23.3 Å². The molecule has 8 heteroatoms. The van der Waals surface area contributed by atoms with Gasteiger partial charge in [-0.05, 0) is 46.6 Å². The molecule has 0 unspecified atom stereocenters. The molecule has 8 nitrogen and oxygen atoms in total. The fraction of sp³-hybridized carbons (Fsp3) is 0.360. The third-order valence-electron chi connectivity index (χ3n) is 4.81. The average molecular weight is 454 g/mol. The number of carbonyl (C=O) groups excluding carboxylic acids is 2. The Labute approximate surface area is 194 Å². The molecule has 0 fully saturated rings. The van der Waals surface area contributed by atoms with Crippen molar-refractivity contribution in [2.45, 2.75) is 46.5 Å². The molecule has 2 amide bonds. The van der Waals surface area contributed by atoms with Gasteiger partial charge in [0.25, 0.3) is 17.5 Å². The lowest BCUT2D eigenvalue weighted by molar-refractivity contribution is -0.384. The highest BCUT2D eigenvalue weighted by atomic mass is 16.6. The molecule has 0 atom stereocenters. The minimum atomic E-state index is -0.583. The zero-order chi connectivity index (χ0) is 24.6. The first-order valence-corrected chi connectivity index (χ1v) is 10.6. The van der Waals surface area contributed by atoms with Crippen LogP contribution in [0.3, 0.4) is 0 Å². The molecule has 0 saturated carbocycles. The van der Waals surface area contributed by atoms with E-state index in [1.165, 1.54) is 29.8 Å². The smallest absolute Gasteiger partial charge is 0.276 e. The fourth-order valence-electron chi connectivity index (χ4n) is 3.70. The van der Waals surface area contributed by atoms with Crippen molar-refractivity contribution in [3.63, 3.8) is 0 Å². The van der Waals surface area contributed by atoms with E-state index < -0.39 is 16.7 Å². The van der Waals surface area contributed by atoms with E-state index in [2.05, 4.69) is 45.5 Å². The maximum atomic E-state index is 11.9. The molecule has 0 heterocycles. The second kappa shape index (κ2) is 10.8. The Hall–Kier alpha value is -3.68. The van der Waals surface area contributed by atoms with Crippen molar-refractivity contribution in [3.8, 4) is 5.75 Å². The number of hydrazine groups is 1. The highest BCUT2D eigenvalue weighted by molar-refractivity contribution is 5.93. The molecule has 0 bridgehead atoms. The van der Waals surface area contributed by atoms with Gasteiger partial charge in [-0.15, -0.1) is 0 Å². The van der Waals surface area contributed by atoms with Crippen LogP contribution in [0.4, 0.5) is 5.69 Å². The van der Waals surface area contributed by atoms with Crippen LogP contribution in [0, 0.1) is 15.5 Å². The van der Waals surface area contributed by atoms with Gasteiger partial charge in [-0.1, -0.05) is 58.9 Å². The predicted octanol–water partition coefficient (Wildman–Crippen LogP) is 4.55. The van der Waals surface area contributed by atoms with Gasteiger partial charge in [0.15, 0.2) is 6.61 Å². The van der Waals surface area contributed by atoms with E-state index >= 15 is 0 Å². The molecule has 176 valence electrons. The first kappa shape index (κ1) is 25.6. The summed E-state index contributed by atoms with van der Waals surface area (Å²) in [6.45, 7) is 10.8. The number of amides is 2. The molecular formula is C25H31N3O5.